The van der Waals surface area contributed by atoms with Crippen LogP contribution in [0.4, 0.5) is 4.79 Å². The fourth-order valence-corrected chi connectivity index (χ4v) is 2.59. The van der Waals surface area contributed by atoms with Gasteiger partial charge in [0.2, 0.25) is 11.8 Å². The van der Waals surface area contributed by atoms with Gasteiger partial charge in [0.15, 0.2) is 0 Å². The Balaban J connectivity index is 1.76. The van der Waals surface area contributed by atoms with Crippen LogP contribution in [0, 0.1) is 0 Å². The average molecular weight is 387 g/mol. The Kier molecular flexibility index (Phi) is 6.22. The molecule has 0 bridgehead atoms. The molecule has 0 atom stereocenters. The van der Waals surface area contributed by atoms with Gasteiger partial charge in [-0.1, -0.05) is 23.2 Å². The molecule has 10 heteroatoms. The van der Waals surface area contributed by atoms with E-state index in [0.717, 1.165) is 4.90 Å². The lowest BCUT2D eigenvalue weighted by Gasteiger charge is -2.14. The second kappa shape index (κ2) is 8.17. The molecule has 25 heavy (non-hydrogen) atoms. The summed E-state index contributed by atoms with van der Waals surface area (Å²) in [4.78, 5) is 49.4. The topological polar surface area (TPSA) is 98.8 Å². The third kappa shape index (κ3) is 4.83. The van der Waals surface area contributed by atoms with E-state index >= 15 is 0 Å². The molecule has 1 aliphatic heterocycles. The van der Waals surface area contributed by atoms with Gasteiger partial charge in [-0.15, -0.1) is 0 Å². The number of nitrogens with zero attached hydrogens (tertiary/aromatic N) is 2. The Morgan fingerprint density at radius 1 is 1.20 bits per heavy atom. The molecule has 0 radical (unpaired) electrons. The van der Waals surface area contributed by atoms with Crippen LogP contribution in [-0.4, -0.2) is 53.7 Å². The number of carbonyl (C=O) groups is 4. The third-order valence-electron chi connectivity index (χ3n) is 3.50. The van der Waals surface area contributed by atoms with Gasteiger partial charge in [0.25, 0.3) is 5.91 Å². The smallest absolute Gasteiger partial charge is 0.318 e. The van der Waals surface area contributed by atoms with Gasteiger partial charge >= 0.3 is 6.03 Å². The predicted molar refractivity (Wildman–Crippen MR) is 91.0 cm³/mol. The molecule has 1 aliphatic rings. The lowest BCUT2D eigenvalue weighted by molar-refractivity contribution is -0.126. The standard InChI is InChI=1S/C15H16Cl2N4O4/c1-20-8-13(23)21(15(20)25)6-2-3-12(22)18-19-14(24)10-7-9(16)4-5-11(10)17/h4-5,7H,2-3,6,8H2,1H3,(H,18,22)(H,19,24). The van der Waals surface area contributed by atoms with Crippen molar-refractivity contribution in [2.24, 2.45) is 0 Å². The summed E-state index contributed by atoms with van der Waals surface area (Å²) in [6, 6.07) is 4.01. The molecule has 0 aromatic heterocycles. The molecule has 0 aliphatic carbocycles. The zero-order valence-electron chi connectivity index (χ0n) is 13.3. The molecular formula is C15H16Cl2N4O4. The highest BCUT2D eigenvalue weighted by atomic mass is 35.5. The van der Waals surface area contributed by atoms with Gasteiger partial charge in [0.05, 0.1) is 10.6 Å². The van der Waals surface area contributed by atoms with Crippen molar-refractivity contribution in [1.29, 1.82) is 0 Å². The number of imide groups is 1. The van der Waals surface area contributed by atoms with Crippen LogP contribution in [0.1, 0.15) is 23.2 Å². The van der Waals surface area contributed by atoms with Gasteiger partial charge in [-0.05, 0) is 24.6 Å². The Labute approximate surface area is 154 Å². The fraction of sp³-hybridized carbons (Fsp3) is 0.333. The first-order chi connectivity index (χ1) is 11.8. The minimum atomic E-state index is -0.604. The molecule has 1 saturated heterocycles. The van der Waals surface area contributed by atoms with Gasteiger partial charge in [0.1, 0.15) is 6.54 Å². The number of hydrogen-bond acceptors (Lipinski definition) is 4. The predicted octanol–water partition coefficient (Wildman–Crippen LogP) is 1.43. The van der Waals surface area contributed by atoms with E-state index in [1.54, 1.807) is 0 Å². The maximum Gasteiger partial charge on any atom is 0.326 e. The number of nitrogens with one attached hydrogen (secondary N) is 2. The van der Waals surface area contributed by atoms with Crippen LogP contribution < -0.4 is 10.9 Å². The van der Waals surface area contributed by atoms with Gasteiger partial charge in [-0.25, -0.2) is 4.79 Å². The first-order valence-corrected chi connectivity index (χ1v) is 8.15. The number of hydrazine groups is 1. The summed E-state index contributed by atoms with van der Waals surface area (Å²) in [5, 5.41) is 0.539. The summed E-state index contributed by atoms with van der Waals surface area (Å²) < 4.78 is 0. The van der Waals surface area contributed by atoms with E-state index < -0.39 is 11.8 Å². The largest absolute Gasteiger partial charge is 0.326 e. The molecule has 0 unspecified atom stereocenters. The molecular weight excluding hydrogens is 371 g/mol. The van der Waals surface area contributed by atoms with Crippen molar-refractivity contribution in [2.75, 3.05) is 20.1 Å². The lowest BCUT2D eigenvalue weighted by atomic mass is 10.2. The van der Waals surface area contributed by atoms with Crippen molar-refractivity contribution in [3.8, 4) is 0 Å². The van der Waals surface area contributed by atoms with Crippen molar-refractivity contribution in [3.05, 3.63) is 33.8 Å². The van der Waals surface area contributed by atoms with Crippen LogP contribution in [0.2, 0.25) is 10.0 Å². The molecule has 1 aromatic carbocycles. The van der Waals surface area contributed by atoms with Crippen LogP contribution in [-0.2, 0) is 9.59 Å². The number of hydrogen-bond donors (Lipinski definition) is 2. The summed E-state index contributed by atoms with van der Waals surface area (Å²) >= 11 is 11.7. The summed E-state index contributed by atoms with van der Waals surface area (Å²) in [5.74, 6) is -1.36. The third-order valence-corrected chi connectivity index (χ3v) is 4.07. The van der Waals surface area contributed by atoms with E-state index in [1.165, 1.54) is 30.1 Å². The Hall–Kier alpha value is -2.32. The zero-order chi connectivity index (χ0) is 18.6. The molecule has 5 amide bonds. The number of benzene rings is 1. The number of halogens is 2. The van der Waals surface area contributed by atoms with Gasteiger partial charge in [-0.3, -0.25) is 30.1 Å². The van der Waals surface area contributed by atoms with Crippen LogP contribution >= 0.6 is 23.2 Å². The van der Waals surface area contributed by atoms with Crippen LogP contribution in [0.3, 0.4) is 0 Å². The molecule has 0 saturated carbocycles. The fourth-order valence-electron chi connectivity index (χ4n) is 2.21. The van der Waals surface area contributed by atoms with Crippen LogP contribution in [0.5, 0.6) is 0 Å². The van der Waals surface area contributed by atoms with E-state index in [2.05, 4.69) is 10.9 Å². The van der Waals surface area contributed by atoms with Crippen molar-refractivity contribution >= 4 is 47.0 Å². The van der Waals surface area contributed by atoms with Gasteiger partial charge in [0, 0.05) is 25.0 Å². The summed E-state index contributed by atoms with van der Waals surface area (Å²) in [5.41, 5.74) is 4.61. The highest BCUT2D eigenvalue weighted by Crippen LogP contribution is 2.20. The van der Waals surface area contributed by atoms with Crippen molar-refractivity contribution in [3.63, 3.8) is 0 Å². The quantitative estimate of drug-likeness (QED) is 0.590. The second-order valence-electron chi connectivity index (χ2n) is 5.41. The number of likely N-dealkylation sites (N-methyl/N-ethyl adjacent to an activating group) is 1. The maximum atomic E-state index is 12.0. The van der Waals surface area contributed by atoms with E-state index in [1.807, 2.05) is 0 Å². The van der Waals surface area contributed by atoms with Crippen LogP contribution in [0.15, 0.2) is 18.2 Å². The molecule has 2 N–H and O–H groups in total. The molecule has 134 valence electrons. The average Bonchev–Trinajstić information content (AvgIpc) is 2.81. The molecule has 1 aromatic rings. The van der Waals surface area contributed by atoms with Crippen molar-refractivity contribution < 1.29 is 19.2 Å². The summed E-state index contributed by atoms with van der Waals surface area (Å²) in [6.45, 7) is 0.185. The summed E-state index contributed by atoms with van der Waals surface area (Å²) in [6.07, 6.45) is 0.315. The first kappa shape index (κ1) is 19.0. The van der Waals surface area contributed by atoms with Gasteiger partial charge < -0.3 is 4.90 Å². The molecule has 1 fully saturated rings. The van der Waals surface area contributed by atoms with E-state index in [-0.39, 0.29) is 48.5 Å². The lowest BCUT2D eigenvalue weighted by Crippen LogP contribution is -2.42. The minimum absolute atomic E-state index is 0.0321. The molecule has 1 heterocycles. The Bertz CT molecular complexity index is 725. The molecule has 8 nitrogen and oxygen atoms in total. The second-order valence-corrected chi connectivity index (χ2v) is 6.26. The number of urea groups is 1. The Morgan fingerprint density at radius 2 is 1.92 bits per heavy atom. The highest BCUT2D eigenvalue weighted by molar-refractivity contribution is 6.35. The normalized spacial score (nSPS) is 14.0. The number of carbonyl (C=O) groups excluding carboxylic acids is 4. The molecule has 2 rings (SSSR count). The van der Waals surface area contributed by atoms with E-state index in [0.29, 0.717) is 5.02 Å². The van der Waals surface area contributed by atoms with E-state index in [9.17, 15) is 19.2 Å². The number of rotatable bonds is 5. The zero-order valence-corrected chi connectivity index (χ0v) is 14.9. The maximum absolute atomic E-state index is 12.0. The van der Waals surface area contributed by atoms with Crippen molar-refractivity contribution in [1.82, 2.24) is 20.7 Å². The monoisotopic (exact) mass is 386 g/mol. The first-order valence-electron chi connectivity index (χ1n) is 7.39. The SMILES string of the molecule is CN1CC(=O)N(CCCC(=O)NNC(=O)c2cc(Cl)ccc2Cl)C1=O. The molecule has 0 spiro atoms. The van der Waals surface area contributed by atoms with Crippen LogP contribution in [0.25, 0.3) is 0 Å². The Morgan fingerprint density at radius 3 is 2.56 bits per heavy atom. The summed E-state index contributed by atoms with van der Waals surface area (Å²) in [7, 11) is 1.53. The van der Waals surface area contributed by atoms with Crippen molar-refractivity contribution in [2.45, 2.75) is 12.8 Å². The highest BCUT2D eigenvalue weighted by Gasteiger charge is 2.32. The van der Waals surface area contributed by atoms with E-state index in [4.69, 9.17) is 23.2 Å². The van der Waals surface area contributed by atoms with Gasteiger partial charge in [-0.2, -0.15) is 0 Å². The number of amides is 5. The minimum Gasteiger partial charge on any atom is -0.318 e.